The van der Waals surface area contributed by atoms with E-state index in [2.05, 4.69) is 0 Å². The lowest BCUT2D eigenvalue weighted by atomic mass is 10.1. The summed E-state index contributed by atoms with van der Waals surface area (Å²) in [5.41, 5.74) is -2.92. The molecule has 17 heavy (non-hydrogen) atoms. The molecule has 0 aliphatic heterocycles. The van der Waals surface area contributed by atoms with Crippen LogP contribution in [0.1, 0.15) is 17.5 Å². The maximum absolute atomic E-state index is 12.4. The first-order valence-corrected chi connectivity index (χ1v) is 6.84. The summed E-state index contributed by atoms with van der Waals surface area (Å²) in [6.07, 6.45) is 1.21. The number of aryl methyl sites for hydroxylation is 1. The molecule has 0 spiro atoms. The van der Waals surface area contributed by atoms with Crippen LogP contribution in [0, 0.1) is 0 Å². The summed E-state index contributed by atoms with van der Waals surface area (Å²) in [5, 5.41) is 0. The zero-order valence-electron chi connectivity index (χ0n) is 8.86. The van der Waals surface area contributed by atoms with Gasteiger partial charge in [-0.05, 0) is 41.8 Å². The van der Waals surface area contributed by atoms with E-state index in [1.807, 2.05) is 0 Å². The van der Waals surface area contributed by atoms with Gasteiger partial charge in [-0.3, -0.25) is 0 Å². The van der Waals surface area contributed by atoms with Gasteiger partial charge in [0.15, 0.2) is 0 Å². The van der Waals surface area contributed by atoms with E-state index < -0.39 is 5.51 Å². The molecule has 0 radical (unpaired) electrons. The lowest BCUT2D eigenvalue weighted by Crippen LogP contribution is -2.02. The van der Waals surface area contributed by atoms with Gasteiger partial charge in [0.2, 0.25) is 0 Å². The molecule has 0 fully saturated rings. The van der Waals surface area contributed by atoms with E-state index in [1.165, 1.54) is 6.07 Å². The fraction of sp³-hybridized carbons (Fsp3) is 0.455. The van der Waals surface area contributed by atoms with Crippen molar-refractivity contribution < 1.29 is 13.2 Å². The number of halogens is 5. The molecular formula is C11H11Cl2F3S. The van der Waals surface area contributed by atoms with Crippen LogP contribution in [-0.4, -0.2) is 11.4 Å². The molecule has 0 nitrogen and oxygen atoms in total. The van der Waals surface area contributed by atoms with Gasteiger partial charge in [0.05, 0.1) is 0 Å². The van der Waals surface area contributed by atoms with Crippen molar-refractivity contribution in [1.82, 2.24) is 0 Å². The van der Waals surface area contributed by atoms with Crippen molar-refractivity contribution in [1.29, 1.82) is 0 Å². The zero-order chi connectivity index (χ0) is 12.9. The van der Waals surface area contributed by atoms with Gasteiger partial charge >= 0.3 is 5.51 Å². The Morgan fingerprint density at radius 3 is 2.41 bits per heavy atom. The monoisotopic (exact) mass is 302 g/mol. The van der Waals surface area contributed by atoms with E-state index in [0.29, 0.717) is 29.8 Å². The van der Waals surface area contributed by atoms with Crippen molar-refractivity contribution in [3.8, 4) is 0 Å². The zero-order valence-corrected chi connectivity index (χ0v) is 11.2. The summed E-state index contributed by atoms with van der Waals surface area (Å²) < 4.78 is 37.1. The molecule has 0 unspecified atom stereocenters. The highest BCUT2D eigenvalue weighted by Crippen LogP contribution is 2.39. The lowest BCUT2D eigenvalue weighted by Gasteiger charge is -2.12. The van der Waals surface area contributed by atoms with E-state index in [9.17, 15) is 13.2 Å². The second-order valence-corrected chi connectivity index (χ2v) is 5.17. The molecule has 0 N–H and O–H groups in total. The van der Waals surface area contributed by atoms with Crippen molar-refractivity contribution in [3.63, 3.8) is 0 Å². The highest BCUT2D eigenvalue weighted by Gasteiger charge is 2.30. The molecule has 0 aliphatic carbocycles. The summed E-state index contributed by atoms with van der Waals surface area (Å²) in [7, 11) is 0. The molecule has 0 aromatic heterocycles. The third-order valence-corrected chi connectivity index (χ3v) is 3.50. The van der Waals surface area contributed by atoms with E-state index in [-0.39, 0.29) is 22.5 Å². The summed E-state index contributed by atoms with van der Waals surface area (Å²) in [5.74, 6) is 0.647. The summed E-state index contributed by atoms with van der Waals surface area (Å²) in [4.78, 5) is 0.223. The van der Waals surface area contributed by atoms with Gasteiger partial charge in [-0.2, -0.15) is 13.2 Å². The highest BCUT2D eigenvalue weighted by molar-refractivity contribution is 8.00. The number of rotatable bonds is 5. The van der Waals surface area contributed by atoms with E-state index in [0.717, 1.165) is 0 Å². The minimum atomic E-state index is -4.28. The average Bonchev–Trinajstić information content (AvgIpc) is 2.25. The van der Waals surface area contributed by atoms with Crippen LogP contribution in [0.15, 0.2) is 23.1 Å². The normalized spacial score (nSPS) is 11.8. The van der Waals surface area contributed by atoms with Gasteiger partial charge in [-0.1, -0.05) is 12.1 Å². The molecule has 96 valence electrons. The van der Waals surface area contributed by atoms with Crippen LogP contribution in [0.5, 0.6) is 0 Å². The average molecular weight is 303 g/mol. The Morgan fingerprint density at radius 2 is 1.88 bits per heavy atom. The number of alkyl halides is 5. The summed E-state index contributed by atoms with van der Waals surface area (Å²) in [6.45, 7) is 0. The Bertz CT molecular complexity index is 366. The van der Waals surface area contributed by atoms with E-state index in [4.69, 9.17) is 23.2 Å². The fourth-order valence-electron chi connectivity index (χ4n) is 1.37. The Kier molecular flexibility index (Phi) is 5.97. The Morgan fingerprint density at radius 1 is 1.18 bits per heavy atom. The Labute approximate surface area is 112 Å². The third kappa shape index (κ3) is 5.40. The maximum Gasteiger partial charge on any atom is 0.446 e. The lowest BCUT2D eigenvalue weighted by molar-refractivity contribution is -0.0328. The molecule has 0 bridgehead atoms. The van der Waals surface area contributed by atoms with Gasteiger partial charge in [0.1, 0.15) is 0 Å². The summed E-state index contributed by atoms with van der Waals surface area (Å²) >= 11 is 11.1. The van der Waals surface area contributed by atoms with Gasteiger partial charge in [-0.15, -0.1) is 23.2 Å². The molecule has 0 saturated heterocycles. The standard InChI is InChI=1S/C11H11Cl2F3S/c12-5-1-2-9-4-3-8(7-13)6-10(9)17-11(14,15)16/h3-4,6H,1-2,5,7H2. The van der Waals surface area contributed by atoms with Crippen LogP contribution in [-0.2, 0) is 12.3 Å². The van der Waals surface area contributed by atoms with Gasteiger partial charge in [0.25, 0.3) is 0 Å². The first-order valence-electron chi connectivity index (χ1n) is 4.95. The van der Waals surface area contributed by atoms with Crippen molar-refractivity contribution in [2.24, 2.45) is 0 Å². The maximum atomic E-state index is 12.4. The van der Waals surface area contributed by atoms with Crippen LogP contribution in [0.2, 0.25) is 0 Å². The molecule has 1 aromatic carbocycles. The minimum Gasteiger partial charge on any atom is -0.160 e. The number of hydrogen-bond donors (Lipinski definition) is 0. The van der Waals surface area contributed by atoms with Gasteiger partial charge < -0.3 is 0 Å². The molecule has 0 amide bonds. The van der Waals surface area contributed by atoms with Crippen LogP contribution >= 0.6 is 35.0 Å². The smallest absolute Gasteiger partial charge is 0.160 e. The van der Waals surface area contributed by atoms with Crippen molar-refractivity contribution >= 4 is 35.0 Å². The van der Waals surface area contributed by atoms with E-state index in [1.54, 1.807) is 12.1 Å². The molecule has 1 aromatic rings. The molecule has 0 atom stereocenters. The number of benzene rings is 1. The van der Waals surface area contributed by atoms with Crippen molar-refractivity contribution in [2.45, 2.75) is 29.1 Å². The van der Waals surface area contributed by atoms with Crippen LogP contribution in [0.3, 0.4) is 0 Å². The van der Waals surface area contributed by atoms with Crippen LogP contribution < -0.4 is 0 Å². The predicted octanol–water partition coefficient (Wildman–Crippen LogP) is 5.21. The van der Waals surface area contributed by atoms with E-state index >= 15 is 0 Å². The fourth-order valence-corrected chi connectivity index (χ4v) is 2.43. The van der Waals surface area contributed by atoms with Gasteiger partial charge in [0, 0.05) is 16.7 Å². The quantitative estimate of drug-likeness (QED) is 0.531. The molecule has 0 heterocycles. The second-order valence-electron chi connectivity index (χ2n) is 3.42. The number of hydrogen-bond acceptors (Lipinski definition) is 1. The third-order valence-electron chi connectivity index (χ3n) is 2.09. The molecule has 0 aliphatic rings. The van der Waals surface area contributed by atoms with Crippen LogP contribution in [0.4, 0.5) is 13.2 Å². The molecule has 0 saturated carbocycles. The summed E-state index contributed by atoms with van der Waals surface area (Å²) in [6, 6.07) is 4.93. The molecule has 6 heteroatoms. The van der Waals surface area contributed by atoms with Gasteiger partial charge in [-0.25, -0.2) is 0 Å². The Hall–Kier alpha value is -0.0600. The van der Waals surface area contributed by atoms with Crippen molar-refractivity contribution in [2.75, 3.05) is 5.88 Å². The SMILES string of the molecule is FC(F)(F)Sc1cc(CCl)ccc1CCCCl. The minimum absolute atomic E-state index is 0.0944. The highest BCUT2D eigenvalue weighted by atomic mass is 35.5. The predicted molar refractivity (Wildman–Crippen MR) is 67.0 cm³/mol. The second kappa shape index (κ2) is 6.76. The molecular weight excluding hydrogens is 292 g/mol. The Balaban J connectivity index is 2.94. The topological polar surface area (TPSA) is 0 Å². The number of thioether (sulfide) groups is 1. The largest absolute Gasteiger partial charge is 0.446 e. The first-order chi connectivity index (χ1) is 7.96. The van der Waals surface area contributed by atoms with Crippen LogP contribution in [0.25, 0.3) is 0 Å². The molecule has 1 rings (SSSR count). The first kappa shape index (κ1) is 15.0. The van der Waals surface area contributed by atoms with Crippen molar-refractivity contribution in [3.05, 3.63) is 29.3 Å².